The number of carbonyl (C=O) groups excluding carboxylic acids is 1. The highest BCUT2D eigenvalue weighted by molar-refractivity contribution is 5.89. The first-order valence-electron chi connectivity index (χ1n) is 12.8. The van der Waals surface area contributed by atoms with E-state index in [9.17, 15) is 4.79 Å². The van der Waals surface area contributed by atoms with Gasteiger partial charge in [-0.1, -0.05) is 38.1 Å². The normalized spacial score (nSPS) is 27.5. The van der Waals surface area contributed by atoms with Crippen molar-refractivity contribution in [3.8, 4) is 0 Å². The van der Waals surface area contributed by atoms with Crippen molar-refractivity contribution in [1.29, 1.82) is 0 Å². The molecule has 8 nitrogen and oxygen atoms in total. The SMILES string of the molecule is C[C@H](Nc1nccc(N2C(=O)OC[C@@H]2C2CC2)n1)c1ccc(CN2CCC(C)(N)C(C)(C)C2)cc1. The highest BCUT2D eigenvalue weighted by atomic mass is 16.6. The van der Waals surface area contributed by atoms with E-state index in [1.165, 1.54) is 5.56 Å². The second-order valence-corrected chi connectivity index (χ2v) is 11.5. The van der Waals surface area contributed by atoms with Gasteiger partial charge < -0.3 is 15.8 Å². The molecule has 1 aromatic heterocycles. The van der Waals surface area contributed by atoms with Crippen LogP contribution in [0, 0.1) is 11.3 Å². The molecule has 2 aliphatic heterocycles. The number of ether oxygens (including phenoxy) is 1. The minimum absolute atomic E-state index is 0.0240. The number of amides is 1. The van der Waals surface area contributed by atoms with Crippen LogP contribution < -0.4 is 16.0 Å². The van der Waals surface area contributed by atoms with E-state index in [2.05, 4.69) is 72.1 Å². The Morgan fingerprint density at radius 2 is 1.94 bits per heavy atom. The van der Waals surface area contributed by atoms with Crippen LogP contribution in [0.15, 0.2) is 36.5 Å². The monoisotopic (exact) mass is 478 g/mol. The first-order valence-corrected chi connectivity index (χ1v) is 12.8. The van der Waals surface area contributed by atoms with E-state index in [1.54, 1.807) is 17.2 Å². The molecule has 1 amide bonds. The van der Waals surface area contributed by atoms with Crippen molar-refractivity contribution in [3.63, 3.8) is 0 Å². The number of anilines is 2. The standard InChI is InChI=1S/C27H38N6O2/c1-18(20-7-5-19(6-8-20)15-32-14-12-27(4,28)26(2,3)17-32)30-24-29-13-11-23(31-24)33-22(21-9-10-21)16-35-25(33)34/h5-8,11,13,18,21-22H,9-10,12,14-17,28H2,1-4H3,(H,29,30,31)/t18-,22+,27?/m0/s1. The van der Waals surface area contributed by atoms with Gasteiger partial charge in [0, 0.05) is 31.4 Å². The molecule has 3 heterocycles. The number of likely N-dealkylation sites (tertiary alicyclic amines) is 1. The summed E-state index contributed by atoms with van der Waals surface area (Å²) >= 11 is 0. The van der Waals surface area contributed by atoms with Gasteiger partial charge in [0.1, 0.15) is 12.4 Å². The van der Waals surface area contributed by atoms with Gasteiger partial charge in [-0.05, 0) is 61.6 Å². The number of cyclic esters (lactones) is 1. The summed E-state index contributed by atoms with van der Waals surface area (Å²) in [6.07, 6.45) is 4.67. The van der Waals surface area contributed by atoms with Gasteiger partial charge in [-0.3, -0.25) is 9.80 Å². The van der Waals surface area contributed by atoms with E-state index in [1.807, 2.05) is 0 Å². The minimum Gasteiger partial charge on any atom is -0.447 e. The highest BCUT2D eigenvalue weighted by Crippen LogP contribution is 2.40. The third kappa shape index (κ3) is 5.00. The molecule has 35 heavy (non-hydrogen) atoms. The topological polar surface area (TPSA) is 96.6 Å². The van der Waals surface area contributed by atoms with Crippen LogP contribution >= 0.6 is 0 Å². The summed E-state index contributed by atoms with van der Waals surface area (Å²) < 4.78 is 5.31. The van der Waals surface area contributed by atoms with E-state index < -0.39 is 0 Å². The lowest BCUT2D eigenvalue weighted by molar-refractivity contribution is 0.0375. The second-order valence-electron chi connectivity index (χ2n) is 11.5. The summed E-state index contributed by atoms with van der Waals surface area (Å²) in [4.78, 5) is 25.6. The first-order chi connectivity index (χ1) is 16.6. The molecule has 1 aliphatic carbocycles. The van der Waals surface area contributed by atoms with E-state index in [4.69, 9.17) is 10.5 Å². The summed E-state index contributed by atoms with van der Waals surface area (Å²) in [5.74, 6) is 1.62. The van der Waals surface area contributed by atoms with Crippen molar-refractivity contribution in [2.75, 3.05) is 29.9 Å². The number of piperidine rings is 1. The third-order valence-corrected chi connectivity index (χ3v) is 8.30. The minimum atomic E-state index is -0.316. The number of nitrogens with two attached hydrogens (primary N) is 1. The largest absolute Gasteiger partial charge is 0.447 e. The maximum atomic E-state index is 12.3. The molecule has 2 aromatic rings. The maximum Gasteiger partial charge on any atom is 0.415 e. The molecule has 1 unspecified atom stereocenters. The van der Waals surface area contributed by atoms with Crippen LogP contribution in [0.4, 0.5) is 16.6 Å². The zero-order valence-corrected chi connectivity index (χ0v) is 21.3. The molecule has 1 saturated carbocycles. The van der Waals surface area contributed by atoms with E-state index in [0.717, 1.165) is 44.5 Å². The van der Waals surface area contributed by atoms with Crippen molar-refractivity contribution >= 4 is 17.9 Å². The average molecular weight is 479 g/mol. The Bertz CT molecular complexity index is 1070. The van der Waals surface area contributed by atoms with Crippen molar-refractivity contribution < 1.29 is 9.53 Å². The van der Waals surface area contributed by atoms with Crippen LogP contribution in [0.2, 0.25) is 0 Å². The number of carbonyl (C=O) groups is 1. The molecule has 3 aliphatic rings. The zero-order valence-electron chi connectivity index (χ0n) is 21.3. The molecule has 3 N–H and O–H groups in total. The summed E-state index contributed by atoms with van der Waals surface area (Å²) in [6, 6.07) is 10.6. The van der Waals surface area contributed by atoms with Crippen molar-refractivity contribution in [3.05, 3.63) is 47.7 Å². The van der Waals surface area contributed by atoms with Gasteiger partial charge in [0.05, 0.1) is 12.1 Å². The van der Waals surface area contributed by atoms with E-state index in [-0.39, 0.29) is 29.1 Å². The fourth-order valence-corrected chi connectivity index (χ4v) is 5.21. The van der Waals surface area contributed by atoms with Crippen LogP contribution in [0.5, 0.6) is 0 Å². The lowest BCUT2D eigenvalue weighted by Gasteiger charge is -2.49. The Hall–Kier alpha value is -2.71. The fraction of sp³-hybridized carbons (Fsp3) is 0.593. The van der Waals surface area contributed by atoms with Crippen LogP contribution in [0.1, 0.15) is 64.1 Å². The predicted molar refractivity (Wildman–Crippen MR) is 137 cm³/mol. The summed E-state index contributed by atoms with van der Waals surface area (Å²) in [6.45, 7) is 12.2. The number of nitrogens with one attached hydrogen (secondary N) is 1. The first kappa shape index (κ1) is 24.0. The molecular weight excluding hydrogens is 440 g/mol. The Morgan fingerprint density at radius 3 is 2.63 bits per heavy atom. The fourth-order valence-electron chi connectivity index (χ4n) is 5.21. The molecule has 188 valence electrons. The molecule has 1 aromatic carbocycles. The zero-order chi connectivity index (χ0) is 24.8. The van der Waals surface area contributed by atoms with Crippen LogP contribution in [0.3, 0.4) is 0 Å². The maximum absolute atomic E-state index is 12.3. The van der Waals surface area contributed by atoms with Gasteiger partial charge in [-0.2, -0.15) is 4.98 Å². The Morgan fingerprint density at radius 1 is 1.20 bits per heavy atom. The lowest BCUT2D eigenvalue weighted by atomic mass is 9.69. The van der Waals surface area contributed by atoms with Crippen molar-refractivity contribution in [2.24, 2.45) is 17.1 Å². The van der Waals surface area contributed by atoms with E-state index in [0.29, 0.717) is 24.3 Å². The van der Waals surface area contributed by atoms with Crippen molar-refractivity contribution in [1.82, 2.24) is 14.9 Å². The molecule has 3 atom stereocenters. The van der Waals surface area contributed by atoms with Gasteiger partial charge in [0.25, 0.3) is 0 Å². The molecule has 0 spiro atoms. The molecule has 2 saturated heterocycles. The number of rotatable bonds is 7. The molecule has 5 rings (SSSR count). The second kappa shape index (κ2) is 9.06. The predicted octanol–water partition coefficient (Wildman–Crippen LogP) is 4.33. The lowest BCUT2D eigenvalue weighted by Crippen LogP contribution is -2.60. The molecule has 0 radical (unpaired) electrons. The van der Waals surface area contributed by atoms with Gasteiger partial charge >= 0.3 is 6.09 Å². The van der Waals surface area contributed by atoms with E-state index >= 15 is 0 Å². The summed E-state index contributed by atoms with van der Waals surface area (Å²) in [5, 5.41) is 3.39. The smallest absolute Gasteiger partial charge is 0.415 e. The number of nitrogens with zero attached hydrogens (tertiary/aromatic N) is 4. The number of hydrogen-bond acceptors (Lipinski definition) is 7. The Balaban J connectivity index is 1.21. The molecule has 8 heteroatoms. The average Bonchev–Trinajstić information content (AvgIpc) is 3.58. The van der Waals surface area contributed by atoms with Crippen molar-refractivity contribution in [2.45, 2.75) is 71.1 Å². The molecule has 0 bridgehead atoms. The number of aromatic nitrogens is 2. The Labute approximate surface area is 208 Å². The highest BCUT2D eigenvalue weighted by Gasteiger charge is 2.45. The van der Waals surface area contributed by atoms with Crippen LogP contribution in [0.25, 0.3) is 0 Å². The van der Waals surface area contributed by atoms with Gasteiger partial charge in [-0.25, -0.2) is 9.78 Å². The Kier molecular flexibility index (Phi) is 6.21. The third-order valence-electron chi connectivity index (χ3n) is 8.30. The van der Waals surface area contributed by atoms with Gasteiger partial charge in [0.2, 0.25) is 5.95 Å². The van der Waals surface area contributed by atoms with Gasteiger partial charge in [-0.15, -0.1) is 0 Å². The molecular formula is C27H38N6O2. The summed E-state index contributed by atoms with van der Waals surface area (Å²) in [7, 11) is 0. The van der Waals surface area contributed by atoms with Crippen LogP contribution in [-0.2, 0) is 11.3 Å². The van der Waals surface area contributed by atoms with Gasteiger partial charge in [0.15, 0.2) is 0 Å². The van der Waals surface area contributed by atoms with Crippen LogP contribution in [-0.4, -0.2) is 52.2 Å². The summed E-state index contributed by atoms with van der Waals surface area (Å²) in [5.41, 5.74) is 8.96. The number of benzene rings is 1. The quantitative estimate of drug-likeness (QED) is 0.611. The number of hydrogen-bond donors (Lipinski definition) is 2. The molecule has 3 fully saturated rings.